The minimum atomic E-state index is -4.32. The largest absolute Gasteiger partial charge is 0.411 e. The molecule has 0 spiro atoms. The van der Waals surface area contributed by atoms with Crippen LogP contribution in [-0.4, -0.2) is 25.9 Å². The normalized spacial score (nSPS) is 13.5. The zero-order chi connectivity index (χ0) is 15.2. The van der Waals surface area contributed by atoms with E-state index in [0.717, 1.165) is 11.1 Å². The van der Waals surface area contributed by atoms with Crippen LogP contribution >= 0.6 is 0 Å². The van der Waals surface area contributed by atoms with Crippen LogP contribution in [0.15, 0.2) is 18.2 Å². The molecule has 1 aromatic rings. The fourth-order valence-corrected chi connectivity index (χ4v) is 1.99. The number of benzene rings is 1. The first kappa shape index (κ1) is 16.9. The fourth-order valence-electron chi connectivity index (χ4n) is 1.99. The Hall–Kier alpha value is -1.14. The number of hydrogen-bond acceptors (Lipinski definition) is 2. The minimum Gasteiger partial charge on any atom is -0.372 e. The summed E-state index contributed by atoms with van der Waals surface area (Å²) in [6, 6.07) is 4.40. The van der Waals surface area contributed by atoms with E-state index in [9.17, 15) is 17.6 Å². The molecule has 0 amide bonds. The Bertz CT molecular complexity index is 400. The van der Waals surface area contributed by atoms with Crippen LogP contribution in [0.25, 0.3) is 0 Å². The summed E-state index contributed by atoms with van der Waals surface area (Å²) in [6.07, 6.45) is -3.96. The van der Waals surface area contributed by atoms with Crippen LogP contribution < -0.4 is 5.32 Å². The Morgan fingerprint density at radius 3 is 2.50 bits per heavy atom. The molecule has 0 aromatic heterocycles. The van der Waals surface area contributed by atoms with Gasteiger partial charge in [0.2, 0.25) is 0 Å². The van der Waals surface area contributed by atoms with Crippen LogP contribution in [-0.2, 0) is 4.74 Å². The molecule has 0 aliphatic heterocycles. The molecule has 0 radical (unpaired) electrons. The predicted molar refractivity (Wildman–Crippen MR) is 69.0 cm³/mol. The van der Waals surface area contributed by atoms with E-state index >= 15 is 0 Å². The molecule has 0 saturated heterocycles. The van der Waals surface area contributed by atoms with Gasteiger partial charge in [0.25, 0.3) is 0 Å². The van der Waals surface area contributed by atoms with Crippen LogP contribution in [0.1, 0.15) is 30.5 Å². The lowest BCUT2D eigenvalue weighted by Gasteiger charge is -2.19. The van der Waals surface area contributed by atoms with Crippen LogP contribution in [0.5, 0.6) is 0 Å². The van der Waals surface area contributed by atoms with E-state index in [1.54, 1.807) is 6.92 Å². The molecule has 1 N–H and O–H groups in total. The zero-order valence-corrected chi connectivity index (χ0v) is 11.6. The molecule has 1 rings (SSSR count). The smallest absolute Gasteiger partial charge is 0.372 e. The maximum Gasteiger partial charge on any atom is 0.411 e. The van der Waals surface area contributed by atoms with Crippen LogP contribution in [0, 0.1) is 12.7 Å². The number of aryl methyl sites for hydroxylation is 1. The Kier molecular flexibility index (Phi) is 6.42. The highest BCUT2D eigenvalue weighted by molar-refractivity contribution is 5.26. The highest BCUT2D eigenvalue weighted by Gasteiger charge is 2.27. The highest BCUT2D eigenvalue weighted by atomic mass is 19.4. The van der Waals surface area contributed by atoms with Crippen LogP contribution in [0.2, 0.25) is 0 Å². The van der Waals surface area contributed by atoms with Gasteiger partial charge < -0.3 is 10.1 Å². The average Bonchev–Trinajstić information content (AvgIpc) is 2.30. The van der Waals surface area contributed by atoms with E-state index in [2.05, 4.69) is 10.1 Å². The Labute approximate surface area is 116 Å². The number of ether oxygens (including phenoxy) is 1. The molecule has 0 bridgehead atoms. The van der Waals surface area contributed by atoms with Gasteiger partial charge in [-0.25, -0.2) is 4.39 Å². The standard InChI is InChI=1S/C14H19F4NO/c1-3-19-13(4-5-20-9-14(16,17)18)11-6-10(2)7-12(15)8-11/h6-8,13,19H,3-5,9H2,1-2H3. The summed E-state index contributed by atoms with van der Waals surface area (Å²) in [5, 5.41) is 3.12. The first-order valence-electron chi connectivity index (χ1n) is 6.47. The molecular weight excluding hydrogens is 274 g/mol. The predicted octanol–water partition coefficient (Wildman–Crippen LogP) is 3.75. The minimum absolute atomic E-state index is 0.0350. The summed E-state index contributed by atoms with van der Waals surface area (Å²) in [5.74, 6) is -0.348. The van der Waals surface area contributed by atoms with Gasteiger partial charge in [0.1, 0.15) is 12.4 Å². The van der Waals surface area contributed by atoms with E-state index in [-0.39, 0.29) is 18.5 Å². The van der Waals surface area contributed by atoms with Gasteiger partial charge in [-0.2, -0.15) is 13.2 Å². The molecule has 0 fully saturated rings. The third-order valence-electron chi connectivity index (χ3n) is 2.73. The molecular formula is C14H19F4NO. The monoisotopic (exact) mass is 293 g/mol. The highest BCUT2D eigenvalue weighted by Crippen LogP contribution is 2.21. The van der Waals surface area contributed by atoms with Crippen LogP contribution in [0.4, 0.5) is 17.6 Å². The summed E-state index contributed by atoms with van der Waals surface area (Å²) >= 11 is 0. The van der Waals surface area contributed by atoms with Gasteiger partial charge in [0, 0.05) is 12.6 Å². The molecule has 0 saturated carbocycles. The number of hydrogen-bond donors (Lipinski definition) is 1. The lowest BCUT2D eigenvalue weighted by Crippen LogP contribution is -2.24. The summed E-state index contributed by atoms with van der Waals surface area (Å²) in [4.78, 5) is 0. The third-order valence-corrected chi connectivity index (χ3v) is 2.73. The second kappa shape index (κ2) is 7.59. The van der Waals surface area contributed by atoms with Crippen molar-refractivity contribution in [2.24, 2.45) is 0 Å². The van der Waals surface area contributed by atoms with Gasteiger partial charge in [-0.1, -0.05) is 13.0 Å². The molecule has 1 atom stereocenters. The lowest BCUT2D eigenvalue weighted by molar-refractivity contribution is -0.174. The summed E-state index contributed by atoms with van der Waals surface area (Å²) in [7, 11) is 0. The van der Waals surface area contributed by atoms with Crippen molar-refractivity contribution in [2.45, 2.75) is 32.5 Å². The molecule has 1 unspecified atom stereocenters. The third kappa shape index (κ3) is 6.34. The van der Waals surface area contributed by atoms with Crippen molar-refractivity contribution in [2.75, 3.05) is 19.8 Å². The number of nitrogens with one attached hydrogen (secondary N) is 1. The van der Waals surface area contributed by atoms with Crippen molar-refractivity contribution in [3.8, 4) is 0 Å². The van der Waals surface area contributed by atoms with Crippen molar-refractivity contribution in [3.05, 3.63) is 35.1 Å². The Balaban J connectivity index is 2.60. The molecule has 0 heterocycles. The molecule has 0 aliphatic carbocycles. The van der Waals surface area contributed by atoms with E-state index in [1.807, 2.05) is 13.0 Å². The van der Waals surface area contributed by atoms with Gasteiger partial charge in [0.05, 0.1) is 0 Å². The maximum absolute atomic E-state index is 13.4. The van der Waals surface area contributed by atoms with Gasteiger partial charge in [-0.05, 0) is 43.1 Å². The fraction of sp³-hybridized carbons (Fsp3) is 0.571. The Morgan fingerprint density at radius 1 is 1.25 bits per heavy atom. The van der Waals surface area contributed by atoms with E-state index in [4.69, 9.17) is 0 Å². The van der Waals surface area contributed by atoms with Gasteiger partial charge >= 0.3 is 6.18 Å². The number of rotatable bonds is 7. The van der Waals surface area contributed by atoms with Crippen molar-refractivity contribution >= 4 is 0 Å². The van der Waals surface area contributed by atoms with Gasteiger partial charge in [-0.15, -0.1) is 0 Å². The molecule has 2 nitrogen and oxygen atoms in total. The quantitative estimate of drug-likeness (QED) is 0.610. The van der Waals surface area contributed by atoms with Crippen molar-refractivity contribution in [3.63, 3.8) is 0 Å². The topological polar surface area (TPSA) is 21.3 Å². The van der Waals surface area contributed by atoms with Crippen LogP contribution in [0.3, 0.4) is 0 Å². The molecule has 0 aliphatic rings. The van der Waals surface area contributed by atoms with Gasteiger partial charge in [-0.3, -0.25) is 0 Å². The molecule has 20 heavy (non-hydrogen) atoms. The van der Waals surface area contributed by atoms with E-state index in [0.29, 0.717) is 13.0 Å². The van der Waals surface area contributed by atoms with Crippen molar-refractivity contribution < 1.29 is 22.3 Å². The summed E-state index contributed by atoms with van der Waals surface area (Å²) in [5.41, 5.74) is 1.50. The van der Waals surface area contributed by atoms with E-state index in [1.165, 1.54) is 12.1 Å². The van der Waals surface area contributed by atoms with Crippen molar-refractivity contribution in [1.82, 2.24) is 5.32 Å². The molecule has 114 valence electrons. The lowest BCUT2D eigenvalue weighted by atomic mass is 10.0. The average molecular weight is 293 g/mol. The SMILES string of the molecule is CCNC(CCOCC(F)(F)F)c1cc(C)cc(F)c1. The van der Waals surface area contributed by atoms with Gasteiger partial charge in [0.15, 0.2) is 0 Å². The number of alkyl halides is 3. The summed E-state index contributed by atoms with van der Waals surface area (Å²) < 4.78 is 53.9. The zero-order valence-electron chi connectivity index (χ0n) is 11.6. The molecule has 1 aromatic carbocycles. The first-order chi connectivity index (χ1) is 9.31. The Morgan fingerprint density at radius 2 is 1.95 bits per heavy atom. The second-order valence-corrected chi connectivity index (χ2v) is 4.63. The van der Waals surface area contributed by atoms with E-state index < -0.39 is 12.8 Å². The maximum atomic E-state index is 13.4. The number of halogens is 4. The first-order valence-corrected chi connectivity index (χ1v) is 6.47. The van der Waals surface area contributed by atoms with Crippen molar-refractivity contribution in [1.29, 1.82) is 0 Å². The summed E-state index contributed by atoms with van der Waals surface area (Å²) in [6.45, 7) is 3.01. The molecule has 6 heteroatoms. The second-order valence-electron chi connectivity index (χ2n) is 4.63.